The molecule has 0 fully saturated rings. The normalized spacial score (nSPS) is 11.1. The van der Waals surface area contributed by atoms with Gasteiger partial charge in [0.05, 0.1) is 13.7 Å². The molecule has 10 heteroatoms. The van der Waals surface area contributed by atoms with E-state index in [1.807, 2.05) is 30.3 Å². The van der Waals surface area contributed by atoms with E-state index in [2.05, 4.69) is 5.32 Å². The molecule has 1 unspecified atom stereocenters. The van der Waals surface area contributed by atoms with E-state index >= 15 is 0 Å². The molecule has 198 valence electrons. The van der Waals surface area contributed by atoms with Crippen molar-refractivity contribution in [3.05, 3.63) is 90.0 Å². The molecule has 2 amide bonds. The number of hydrogen-bond acceptors (Lipinski definition) is 7. The number of carbonyl (C=O) groups is 3. The van der Waals surface area contributed by atoms with Gasteiger partial charge in [0.15, 0.2) is 6.61 Å². The van der Waals surface area contributed by atoms with E-state index in [1.54, 1.807) is 48.5 Å². The lowest BCUT2D eigenvalue weighted by molar-refractivity contribution is -0.150. The highest BCUT2D eigenvalue weighted by molar-refractivity contribution is 5.95. The van der Waals surface area contributed by atoms with Crippen molar-refractivity contribution in [3.63, 3.8) is 0 Å². The number of anilines is 1. The Morgan fingerprint density at radius 1 is 0.947 bits per heavy atom. The predicted molar refractivity (Wildman–Crippen MR) is 142 cm³/mol. The molecule has 0 bridgehead atoms. The highest BCUT2D eigenvalue weighted by Gasteiger charge is 2.26. The first-order valence-corrected chi connectivity index (χ1v) is 11.8. The lowest BCUT2D eigenvalue weighted by Crippen LogP contribution is -2.43. The maximum atomic E-state index is 12.4. The van der Waals surface area contributed by atoms with E-state index in [9.17, 15) is 14.4 Å². The van der Waals surface area contributed by atoms with Gasteiger partial charge in [0.2, 0.25) is 12.0 Å². The van der Waals surface area contributed by atoms with Gasteiger partial charge in [-0.15, -0.1) is 0 Å². The zero-order chi connectivity index (χ0) is 27.5. The molecule has 0 aliphatic carbocycles. The smallest absolute Gasteiger partial charge is 0.348 e. The summed E-state index contributed by atoms with van der Waals surface area (Å²) in [7, 11) is 1.26. The number of esters is 1. The molecular formula is C28H30N4O6. The Morgan fingerprint density at radius 3 is 2.16 bits per heavy atom. The predicted octanol–water partition coefficient (Wildman–Crippen LogP) is 2.96. The highest BCUT2D eigenvalue weighted by Crippen LogP contribution is 2.19. The van der Waals surface area contributed by atoms with Gasteiger partial charge in [-0.25, -0.2) is 4.79 Å². The van der Waals surface area contributed by atoms with Gasteiger partial charge < -0.3 is 30.2 Å². The van der Waals surface area contributed by atoms with E-state index in [1.165, 1.54) is 18.9 Å². The van der Waals surface area contributed by atoms with Crippen LogP contribution in [0.15, 0.2) is 78.9 Å². The molecule has 4 N–H and O–H groups in total. The number of nitrogens with zero attached hydrogens (tertiary/aromatic N) is 1. The number of carbonyl (C=O) groups excluding carboxylic acids is 3. The number of hydrogen-bond donors (Lipinski definition) is 3. The third-order valence-electron chi connectivity index (χ3n) is 5.46. The maximum absolute atomic E-state index is 12.4. The Bertz CT molecular complexity index is 1250. The quantitative estimate of drug-likeness (QED) is 0.190. The lowest BCUT2D eigenvalue weighted by Gasteiger charge is -2.26. The van der Waals surface area contributed by atoms with Gasteiger partial charge in [-0.2, -0.15) is 0 Å². The van der Waals surface area contributed by atoms with Crippen molar-refractivity contribution >= 4 is 29.3 Å². The molecule has 0 spiro atoms. The van der Waals surface area contributed by atoms with E-state index in [0.717, 1.165) is 5.56 Å². The minimum atomic E-state index is -1.05. The largest absolute Gasteiger partial charge is 0.484 e. The molecular weight excluding hydrogens is 488 g/mol. The number of nitrogen functional groups attached to an aromatic ring is 1. The first-order valence-electron chi connectivity index (χ1n) is 11.8. The molecule has 38 heavy (non-hydrogen) atoms. The molecule has 0 saturated heterocycles. The first kappa shape index (κ1) is 27.7. The average Bonchev–Trinajstić information content (AvgIpc) is 2.92. The summed E-state index contributed by atoms with van der Waals surface area (Å²) >= 11 is 0. The summed E-state index contributed by atoms with van der Waals surface area (Å²) in [5.41, 5.74) is 7.40. The average molecular weight is 519 g/mol. The summed E-state index contributed by atoms with van der Waals surface area (Å²) in [6.45, 7) is 1.53. The Morgan fingerprint density at radius 2 is 1.58 bits per heavy atom. The topological polar surface area (TPSA) is 144 Å². The Kier molecular flexibility index (Phi) is 9.81. The van der Waals surface area contributed by atoms with Crippen LogP contribution in [0, 0.1) is 5.41 Å². The number of methoxy groups -OCH3 is 1. The molecule has 10 nitrogen and oxygen atoms in total. The van der Waals surface area contributed by atoms with Crippen molar-refractivity contribution in [1.82, 2.24) is 4.90 Å². The molecule has 3 rings (SSSR count). The van der Waals surface area contributed by atoms with Gasteiger partial charge in [-0.05, 0) is 54.1 Å². The van der Waals surface area contributed by atoms with Crippen LogP contribution in [-0.4, -0.2) is 54.9 Å². The van der Waals surface area contributed by atoms with Gasteiger partial charge >= 0.3 is 5.97 Å². The Hall–Kier alpha value is -4.86. The zero-order valence-electron chi connectivity index (χ0n) is 21.2. The minimum absolute atomic E-state index is 0.000122. The fourth-order valence-electron chi connectivity index (χ4n) is 3.46. The van der Waals surface area contributed by atoms with Crippen molar-refractivity contribution in [2.75, 3.05) is 25.6 Å². The van der Waals surface area contributed by atoms with Crippen LogP contribution in [0.1, 0.15) is 18.1 Å². The summed E-state index contributed by atoms with van der Waals surface area (Å²) in [5, 5.41) is 10.1. The van der Waals surface area contributed by atoms with Crippen LogP contribution in [0.25, 0.3) is 0 Å². The highest BCUT2D eigenvalue weighted by atomic mass is 16.6. The number of nitrogens with one attached hydrogen (secondary N) is 2. The van der Waals surface area contributed by atoms with Crippen LogP contribution in [0.5, 0.6) is 11.5 Å². The standard InChI is InChI=1S/C28H30N4O6/c1-19(33)32(16-20-6-4-3-5-7-20)17-25(28(35)36-2)38-24-14-10-22(11-15-24)31-26(34)18-37-23-12-8-21(9-13-23)27(29)30/h3-15,25H,16-18H2,1-2H3,(H3,29,30)(H,31,34). The van der Waals surface area contributed by atoms with Crippen molar-refractivity contribution in [2.24, 2.45) is 5.73 Å². The van der Waals surface area contributed by atoms with Crippen molar-refractivity contribution in [1.29, 1.82) is 5.41 Å². The lowest BCUT2D eigenvalue weighted by atomic mass is 10.2. The maximum Gasteiger partial charge on any atom is 0.348 e. The summed E-state index contributed by atoms with van der Waals surface area (Å²) in [4.78, 5) is 38.4. The summed E-state index contributed by atoms with van der Waals surface area (Å²) in [5.74, 6) is -0.419. The van der Waals surface area contributed by atoms with Gasteiger partial charge in [-0.3, -0.25) is 15.0 Å². The zero-order valence-corrected chi connectivity index (χ0v) is 21.2. The monoisotopic (exact) mass is 518 g/mol. The number of amidine groups is 1. The second-order valence-electron chi connectivity index (χ2n) is 8.31. The van der Waals surface area contributed by atoms with Crippen molar-refractivity contribution in [2.45, 2.75) is 19.6 Å². The first-order chi connectivity index (χ1) is 18.2. The Labute approximate surface area is 220 Å². The van der Waals surface area contributed by atoms with Crippen LogP contribution in [0.4, 0.5) is 5.69 Å². The summed E-state index contributed by atoms with van der Waals surface area (Å²) in [6, 6.07) is 22.4. The van der Waals surface area contributed by atoms with Gasteiger partial charge in [0, 0.05) is 24.7 Å². The van der Waals surface area contributed by atoms with Crippen molar-refractivity contribution < 1.29 is 28.6 Å². The molecule has 0 aliphatic rings. The fraction of sp³-hybridized carbons (Fsp3) is 0.214. The van der Waals surface area contributed by atoms with Gasteiger partial charge in [-0.1, -0.05) is 30.3 Å². The van der Waals surface area contributed by atoms with Gasteiger partial charge in [0.1, 0.15) is 17.3 Å². The van der Waals surface area contributed by atoms with Crippen LogP contribution in [0.2, 0.25) is 0 Å². The molecule has 0 saturated carbocycles. The van der Waals surface area contributed by atoms with Crippen LogP contribution >= 0.6 is 0 Å². The minimum Gasteiger partial charge on any atom is -0.484 e. The van der Waals surface area contributed by atoms with Gasteiger partial charge in [0.25, 0.3) is 5.91 Å². The summed E-state index contributed by atoms with van der Waals surface area (Å²) in [6.07, 6.45) is -1.05. The number of benzene rings is 3. The number of rotatable bonds is 12. The molecule has 3 aromatic rings. The number of nitrogens with two attached hydrogens (primary N) is 1. The van der Waals surface area contributed by atoms with E-state index < -0.39 is 12.1 Å². The van der Waals surface area contributed by atoms with Crippen molar-refractivity contribution in [3.8, 4) is 11.5 Å². The molecule has 0 aliphatic heterocycles. The molecule has 0 heterocycles. The Balaban J connectivity index is 1.57. The SMILES string of the molecule is COC(=O)C(CN(Cc1ccccc1)C(C)=O)Oc1ccc(NC(=O)COc2ccc(C(=N)N)cc2)cc1. The third kappa shape index (κ3) is 8.37. The second kappa shape index (κ2) is 13.4. The molecule has 3 aromatic carbocycles. The second-order valence-corrected chi connectivity index (χ2v) is 8.31. The van der Waals surface area contributed by atoms with E-state index in [0.29, 0.717) is 29.3 Å². The molecule has 0 aromatic heterocycles. The van der Waals surface area contributed by atoms with Crippen LogP contribution < -0.4 is 20.5 Å². The summed E-state index contributed by atoms with van der Waals surface area (Å²) < 4.78 is 16.2. The van der Waals surface area contributed by atoms with E-state index in [4.69, 9.17) is 25.4 Å². The molecule has 0 radical (unpaired) electrons. The fourth-order valence-corrected chi connectivity index (χ4v) is 3.46. The van der Waals surface area contributed by atoms with Crippen LogP contribution in [0.3, 0.4) is 0 Å². The molecule has 1 atom stereocenters. The third-order valence-corrected chi connectivity index (χ3v) is 5.46. The van der Waals surface area contributed by atoms with Crippen LogP contribution in [-0.2, 0) is 25.7 Å². The number of ether oxygens (including phenoxy) is 3. The number of amides is 2. The van der Waals surface area contributed by atoms with E-state index in [-0.39, 0.29) is 30.8 Å².